The van der Waals surface area contributed by atoms with E-state index in [1.54, 1.807) is 12.4 Å². The first kappa shape index (κ1) is 12.0. The van der Waals surface area contributed by atoms with Crippen molar-refractivity contribution in [3.05, 3.63) is 23.8 Å². The van der Waals surface area contributed by atoms with Gasteiger partial charge in [-0.05, 0) is 32.6 Å². The van der Waals surface area contributed by atoms with Gasteiger partial charge in [-0.25, -0.2) is 5.84 Å². The molecule has 2 rings (SSSR count). The lowest BCUT2D eigenvalue weighted by atomic mass is 9.79. The number of nitrogens with one attached hydrogen (secondary N) is 1. The molecule has 1 saturated carbocycles. The molecule has 1 aromatic heterocycles. The number of nitrogens with zero attached hydrogens (tertiary/aromatic N) is 2. The summed E-state index contributed by atoms with van der Waals surface area (Å²) in [5, 5.41) is 0. The fraction of sp³-hybridized carbons (Fsp3) is 0.583. The maximum Gasteiger partial charge on any atom is 0.236 e. The third-order valence-electron chi connectivity index (χ3n) is 3.55. The van der Waals surface area contributed by atoms with Crippen LogP contribution in [0.15, 0.2) is 12.4 Å². The molecule has 3 N–H and O–H groups in total. The van der Waals surface area contributed by atoms with E-state index in [4.69, 9.17) is 5.84 Å². The number of aromatic nitrogens is 2. The average Bonchev–Trinajstić information content (AvgIpc) is 2.39. The van der Waals surface area contributed by atoms with E-state index in [9.17, 15) is 4.79 Å². The Morgan fingerprint density at radius 2 is 1.94 bits per heavy atom. The van der Waals surface area contributed by atoms with E-state index in [1.807, 2.05) is 6.92 Å². The first-order valence-electron chi connectivity index (χ1n) is 6.00. The van der Waals surface area contributed by atoms with Gasteiger partial charge in [0.2, 0.25) is 5.91 Å². The second-order valence-electron chi connectivity index (χ2n) is 4.58. The van der Waals surface area contributed by atoms with Gasteiger partial charge in [0.15, 0.2) is 0 Å². The lowest BCUT2D eigenvalue weighted by Gasteiger charge is -2.27. The van der Waals surface area contributed by atoms with E-state index in [-0.39, 0.29) is 11.8 Å². The highest BCUT2D eigenvalue weighted by atomic mass is 16.2. The number of nitrogens with two attached hydrogens (primary N) is 1. The van der Waals surface area contributed by atoms with E-state index in [1.165, 1.54) is 0 Å². The van der Waals surface area contributed by atoms with Crippen LogP contribution in [0.2, 0.25) is 0 Å². The Balaban J connectivity index is 2.00. The molecule has 92 valence electrons. The van der Waals surface area contributed by atoms with Crippen LogP contribution >= 0.6 is 0 Å². The van der Waals surface area contributed by atoms with Gasteiger partial charge in [0.1, 0.15) is 0 Å². The normalized spacial score (nSPS) is 24.4. The number of hydrogen-bond donors (Lipinski definition) is 2. The molecular formula is C12H18N4O. The van der Waals surface area contributed by atoms with Crippen molar-refractivity contribution in [2.24, 2.45) is 11.8 Å². The average molecular weight is 234 g/mol. The third kappa shape index (κ3) is 2.61. The molecule has 5 heteroatoms. The summed E-state index contributed by atoms with van der Waals surface area (Å²) in [7, 11) is 0. The lowest BCUT2D eigenvalue weighted by Crippen LogP contribution is -2.37. The molecule has 5 nitrogen and oxygen atoms in total. The molecule has 1 heterocycles. The molecule has 1 aliphatic carbocycles. The molecular weight excluding hydrogens is 216 g/mol. The highest BCUT2D eigenvalue weighted by molar-refractivity contribution is 5.78. The van der Waals surface area contributed by atoms with Crippen LogP contribution in [0.4, 0.5) is 0 Å². The third-order valence-corrected chi connectivity index (χ3v) is 3.55. The van der Waals surface area contributed by atoms with Crippen LogP contribution in [-0.4, -0.2) is 15.9 Å². The minimum Gasteiger partial charge on any atom is -0.294 e. The topological polar surface area (TPSA) is 80.9 Å². The molecule has 17 heavy (non-hydrogen) atoms. The van der Waals surface area contributed by atoms with Crippen molar-refractivity contribution in [2.45, 2.75) is 38.5 Å². The molecule has 1 fully saturated rings. The van der Waals surface area contributed by atoms with Gasteiger partial charge >= 0.3 is 0 Å². The van der Waals surface area contributed by atoms with Crippen molar-refractivity contribution in [1.29, 1.82) is 0 Å². The Morgan fingerprint density at radius 1 is 1.29 bits per heavy atom. The summed E-state index contributed by atoms with van der Waals surface area (Å²) in [5.74, 6) is 5.61. The van der Waals surface area contributed by atoms with Crippen LogP contribution in [0.25, 0.3) is 0 Å². The van der Waals surface area contributed by atoms with Crippen molar-refractivity contribution in [2.75, 3.05) is 0 Å². The van der Waals surface area contributed by atoms with Crippen molar-refractivity contribution < 1.29 is 4.79 Å². The van der Waals surface area contributed by atoms with Crippen molar-refractivity contribution in [3.63, 3.8) is 0 Å². The van der Waals surface area contributed by atoms with Crippen LogP contribution in [0, 0.1) is 12.8 Å². The van der Waals surface area contributed by atoms with Crippen LogP contribution in [0.1, 0.15) is 43.0 Å². The highest BCUT2D eigenvalue weighted by Crippen LogP contribution is 2.35. The van der Waals surface area contributed by atoms with Crippen LogP contribution in [-0.2, 0) is 4.79 Å². The van der Waals surface area contributed by atoms with Crippen molar-refractivity contribution in [1.82, 2.24) is 15.4 Å². The molecule has 0 atom stereocenters. The van der Waals surface area contributed by atoms with Crippen LogP contribution in [0.5, 0.6) is 0 Å². The zero-order chi connectivity index (χ0) is 12.3. The fourth-order valence-corrected chi connectivity index (χ4v) is 2.57. The molecule has 0 saturated heterocycles. The molecule has 0 radical (unpaired) electrons. The number of carbonyl (C=O) groups is 1. The monoisotopic (exact) mass is 234 g/mol. The first-order valence-corrected chi connectivity index (χ1v) is 6.00. The molecule has 0 spiro atoms. The van der Waals surface area contributed by atoms with Crippen LogP contribution < -0.4 is 11.3 Å². The summed E-state index contributed by atoms with van der Waals surface area (Å²) in [4.78, 5) is 20.1. The summed E-state index contributed by atoms with van der Waals surface area (Å²) in [6.07, 6.45) is 7.18. The quantitative estimate of drug-likeness (QED) is 0.455. The summed E-state index contributed by atoms with van der Waals surface area (Å²) >= 11 is 0. The number of hydrazine groups is 1. The zero-order valence-electron chi connectivity index (χ0n) is 10.0. The van der Waals surface area contributed by atoms with E-state index in [0.29, 0.717) is 5.92 Å². The minimum atomic E-state index is -0.0423. The first-order chi connectivity index (χ1) is 8.22. The number of rotatable bonds is 2. The number of hydrogen-bond acceptors (Lipinski definition) is 4. The molecule has 0 aliphatic heterocycles. The maximum absolute atomic E-state index is 11.4. The Hall–Kier alpha value is -1.49. The molecule has 1 aromatic rings. The summed E-state index contributed by atoms with van der Waals surface area (Å²) in [5.41, 5.74) is 4.32. The summed E-state index contributed by atoms with van der Waals surface area (Å²) < 4.78 is 0. The van der Waals surface area contributed by atoms with E-state index >= 15 is 0 Å². The minimum absolute atomic E-state index is 0.0423. The highest BCUT2D eigenvalue weighted by Gasteiger charge is 2.28. The number of aryl methyl sites for hydroxylation is 1. The summed E-state index contributed by atoms with van der Waals surface area (Å²) in [6, 6.07) is 0. The second-order valence-corrected chi connectivity index (χ2v) is 4.58. The Morgan fingerprint density at radius 3 is 2.53 bits per heavy atom. The Kier molecular flexibility index (Phi) is 3.68. The van der Waals surface area contributed by atoms with Crippen LogP contribution in [0.3, 0.4) is 0 Å². The number of carbonyl (C=O) groups excluding carboxylic acids is 1. The SMILES string of the molecule is Cc1nccnc1[C@H]1CC[C@H](C(=O)NN)CC1. The molecule has 1 aliphatic rings. The van der Waals surface area contributed by atoms with E-state index < -0.39 is 0 Å². The second kappa shape index (κ2) is 5.23. The lowest BCUT2D eigenvalue weighted by molar-refractivity contribution is -0.126. The fourth-order valence-electron chi connectivity index (χ4n) is 2.57. The molecule has 0 unspecified atom stereocenters. The van der Waals surface area contributed by atoms with Gasteiger partial charge in [-0.2, -0.15) is 0 Å². The van der Waals surface area contributed by atoms with E-state index in [0.717, 1.165) is 37.1 Å². The van der Waals surface area contributed by atoms with Gasteiger partial charge in [0.05, 0.1) is 11.4 Å². The molecule has 0 bridgehead atoms. The standard InChI is InChI=1S/C12H18N4O/c1-8-11(15-7-6-14-8)9-2-4-10(5-3-9)12(17)16-13/h6-7,9-10H,2-5,13H2,1H3,(H,16,17)/t9-,10-. The zero-order valence-corrected chi connectivity index (χ0v) is 10.0. The molecule has 1 amide bonds. The van der Waals surface area contributed by atoms with Gasteiger partial charge < -0.3 is 0 Å². The van der Waals surface area contributed by atoms with Gasteiger partial charge in [0, 0.05) is 24.2 Å². The maximum atomic E-state index is 11.4. The summed E-state index contributed by atoms with van der Waals surface area (Å²) in [6.45, 7) is 1.99. The number of amides is 1. The Bertz CT molecular complexity index is 399. The van der Waals surface area contributed by atoms with Gasteiger partial charge in [0.25, 0.3) is 0 Å². The predicted octanol–water partition coefficient (Wildman–Crippen LogP) is 1.05. The largest absolute Gasteiger partial charge is 0.294 e. The van der Waals surface area contributed by atoms with Gasteiger partial charge in [-0.1, -0.05) is 0 Å². The van der Waals surface area contributed by atoms with Gasteiger partial charge in [-0.3, -0.25) is 20.2 Å². The van der Waals surface area contributed by atoms with Gasteiger partial charge in [-0.15, -0.1) is 0 Å². The smallest absolute Gasteiger partial charge is 0.236 e. The predicted molar refractivity (Wildman–Crippen MR) is 63.8 cm³/mol. The van der Waals surface area contributed by atoms with Crippen molar-refractivity contribution >= 4 is 5.91 Å². The van der Waals surface area contributed by atoms with E-state index in [2.05, 4.69) is 15.4 Å². The van der Waals surface area contributed by atoms with Crippen molar-refractivity contribution in [3.8, 4) is 0 Å². The Labute approximate surface area is 101 Å². The molecule has 0 aromatic carbocycles.